The number of hydrogen-bond donors (Lipinski definition) is 1. The lowest BCUT2D eigenvalue weighted by atomic mass is 10.1. The van der Waals surface area contributed by atoms with E-state index in [0.717, 1.165) is 25.7 Å². The first-order valence-electron chi connectivity index (χ1n) is 6.35. The van der Waals surface area contributed by atoms with E-state index < -0.39 is 17.9 Å². The fourth-order valence-electron chi connectivity index (χ4n) is 2.22. The third-order valence-corrected chi connectivity index (χ3v) is 3.28. The van der Waals surface area contributed by atoms with Crippen LogP contribution < -0.4 is 10.1 Å². The molecule has 1 N–H and O–H groups in total. The Morgan fingerprint density at radius 1 is 1.40 bits per heavy atom. The number of piperazine rings is 1. The van der Waals surface area contributed by atoms with E-state index in [9.17, 15) is 17.6 Å². The summed E-state index contributed by atoms with van der Waals surface area (Å²) in [7, 11) is 0. The highest BCUT2D eigenvalue weighted by molar-refractivity contribution is 5.31. The monoisotopic (exact) mass is 292 g/mol. The van der Waals surface area contributed by atoms with Gasteiger partial charge in [-0.25, -0.2) is 4.39 Å². The van der Waals surface area contributed by atoms with Gasteiger partial charge in [-0.15, -0.1) is 13.2 Å². The predicted molar refractivity (Wildman–Crippen MR) is 65.8 cm³/mol. The van der Waals surface area contributed by atoms with Crippen LogP contribution in [0.2, 0.25) is 0 Å². The molecule has 3 nitrogen and oxygen atoms in total. The topological polar surface area (TPSA) is 24.5 Å². The van der Waals surface area contributed by atoms with Crippen molar-refractivity contribution in [2.75, 3.05) is 19.6 Å². The molecule has 20 heavy (non-hydrogen) atoms. The van der Waals surface area contributed by atoms with Gasteiger partial charge in [-0.2, -0.15) is 0 Å². The van der Waals surface area contributed by atoms with Gasteiger partial charge in [0.05, 0.1) is 0 Å². The lowest BCUT2D eigenvalue weighted by Crippen LogP contribution is -2.49. The summed E-state index contributed by atoms with van der Waals surface area (Å²) in [5, 5.41) is 3.20. The lowest BCUT2D eigenvalue weighted by molar-refractivity contribution is -0.275. The van der Waals surface area contributed by atoms with E-state index in [1.165, 1.54) is 12.1 Å². The zero-order valence-electron chi connectivity index (χ0n) is 11.0. The Hall–Kier alpha value is -1.34. The zero-order chi connectivity index (χ0) is 14.8. The first-order valence-corrected chi connectivity index (χ1v) is 6.35. The molecule has 0 aliphatic carbocycles. The van der Waals surface area contributed by atoms with Gasteiger partial charge in [0.2, 0.25) is 0 Å². The van der Waals surface area contributed by atoms with Gasteiger partial charge in [-0.05, 0) is 13.0 Å². The highest BCUT2D eigenvalue weighted by atomic mass is 19.4. The molecular weight excluding hydrogens is 276 g/mol. The summed E-state index contributed by atoms with van der Waals surface area (Å²) in [5.74, 6) is -1.73. The zero-order valence-corrected chi connectivity index (χ0v) is 11.0. The molecule has 1 aromatic carbocycles. The fraction of sp³-hybridized carbons (Fsp3) is 0.538. The number of halogens is 4. The molecule has 1 fully saturated rings. The molecule has 1 aliphatic rings. The average molecular weight is 292 g/mol. The van der Waals surface area contributed by atoms with Crippen LogP contribution in [0.3, 0.4) is 0 Å². The van der Waals surface area contributed by atoms with Gasteiger partial charge in [0.15, 0.2) is 11.6 Å². The lowest BCUT2D eigenvalue weighted by Gasteiger charge is -2.34. The van der Waals surface area contributed by atoms with E-state index in [2.05, 4.69) is 10.1 Å². The van der Waals surface area contributed by atoms with Crippen LogP contribution in [0.15, 0.2) is 18.2 Å². The number of alkyl halides is 3. The molecule has 0 spiro atoms. The van der Waals surface area contributed by atoms with Gasteiger partial charge in [0.1, 0.15) is 0 Å². The first-order chi connectivity index (χ1) is 9.37. The van der Waals surface area contributed by atoms with Crippen molar-refractivity contribution < 1.29 is 22.3 Å². The number of nitrogens with zero attached hydrogens (tertiary/aromatic N) is 1. The molecule has 1 heterocycles. The second-order valence-corrected chi connectivity index (χ2v) is 4.80. The number of rotatable bonds is 3. The van der Waals surface area contributed by atoms with Crippen molar-refractivity contribution >= 4 is 0 Å². The SMILES string of the molecule is CC1CNCCN1Cc1cccc(OC(F)(F)F)c1F. The molecule has 0 saturated carbocycles. The van der Waals surface area contributed by atoms with Crippen LogP contribution >= 0.6 is 0 Å². The fourth-order valence-corrected chi connectivity index (χ4v) is 2.22. The molecule has 0 amide bonds. The van der Waals surface area contributed by atoms with Crippen molar-refractivity contribution in [1.82, 2.24) is 10.2 Å². The molecule has 112 valence electrons. The van der Waals surface area contributed by atoms with Crippen LogP contribution in [0.4, 0.5) is 17.6 Å². The summed E-state index contributed by atoms with van der Waals surface area (Å²) >= 11 is 0. The van der Waals surface area contributed by atoms with E-state index in [4.69, 9.17) is 0 Å². The molecule has 0 aromatic heterocycles. The Morgan fingerprint density at radius 3 is 2.80 bits per heavy atom. The molecule has 1 aliphatic heterocycles. The van der Waals surface area contributed by atoms with Gasteiger partial charge in [-0.3, -0.25) is 4.90 Å². The van der Waals surface area contributed by atoms with Crippen LogP contribution in [0.1, 0.15) is 12.5 Å². The Labute approximate surface area is 114 Å². The number of hydrogen-bond acceptors (Lipinski definition) is 3. The van der Waals surface area contributed by atoms with E-state index in [1.807, 2.05) is 11.8 Å². The van der Waals surface area contributed by atoms with Crippen molar-refractivity contribution in [3.63, 3.8) is 0 Å². The summed E-state index contributed by atoms with van der Waals surface area (Å²) in [4.78, 5) is 2.02. The van der Waals surface area contributed by atoms with Crippen LogP contribution in [0, 0.1) is 5.82 Å². The van der Waals surface area contributed by atoms with Crippen molar-refractivity contribution in [3.05, 3.63) is 29.6 Å². The van der Waals surface area contributed by atoms with E-state index in [0.29, 0.717) is 0 Å². The smallest absolute Gasteiger partial charge is 0.403 e. The maximum Gasteiger partial charge on any atom is 0.573 e. The molecule has 1 atom stereocenters. The van der Waals surface area contributed by atoms with E-state index in [-0.39, 0.29) is 18.2 Å². The quantitative estimate of drug-likeness (QED) is 0.866. The third kappa shape index (κ3) is 3.83. The molecule has 7 heteroatoms. The average Bonchev–Trinajstić information content (AvgIpc) is 2.35. The summed E-state index contributed by atoms with van der Waals surface area (Å²) < 4.78 is 54.2. The van der Waals surface area contributed by atoms with E-state index in [1.54, 1.807) is 0 Å². The second kappa shape index (κ2) is 5.97. The van der Waals surface area contributed by atoms with E-state index >= 15 is 0 Å². The molecule has 0 bridgehead atoms. The van der Waals surface area contributed by atoms with Crippen LogP contribution in [0.25, 0.3) is 0 Å². The Morgan fingerprint density at radius 2 is 2.15 bits per heavy atom. The largest absolute Gasteiger partial charge is 0.573 e. The number of ether oxygens (including phenoxy) is 1. The maximum atomic E-state index is 14.0. The number of nitrogens with one attached hydrogen (secondary N) is 1. The summed E-state index contributed by atoms with van der Waals surface area (Å²) in [5.41, 5.74) is 0.209. The Bertz CT molecular complexity index is 464. The molecule has 1 aromatic rings. The highest BCUT2D eigenvalue weighted by Crippen LogP contribution is 2.28. The molecular formula is C13H16F4N2O. The molecule has 2 rings (SSSR count). The second-order valence-electron chi connectivity index (χ2n) is 4.80. The van der Waals surface area contributed by atoms with Crippen LogP contribution in [-0.2, 0) is 6.54 Å². The van der Waals surface area contributed by atoms with Crippen molar-refractivity contribution in [1.29, 1.82) is 0 Å². The standard InChI is InChI=1S/C13H16F4N2O/c1-9-7-18-5-6-19(9)8-10-3-2-4-11(12(10)14)20-13(15,16)17/h2-4,9,18H,5-8H2,1H3. The summed E-state index contributed by atoms with van der Waals surface area (Å²) in [6.45, 7) is 4.54. The van der Waals surface area contributed by atoms with Gasteiger partial charge in [0.25, 0.3) is 0 Å². The van der Waals surface area contributed by atoms with Crippen molar-refractivity contribution in [2.45, 2.75) is 25.9 Å². The minimum absolute atomic E-state index is 0.204. The maximum absolute atomic E-state index is 14.0. The number of benzene rings is 1. The summed E-state index contributed by atoms with van der Waals surface area (Å²) in [6, 6.07) is 4.03. The van der Waals surface area contributed by atoms with Gasteiger partial charge < -0.3 is 10.1 Å². The highest BCUT2D eigenvalue weighted by Gasteiger charge is 2.33. The van der Waals surface area contributed by atoms with Gasteiger partial charge in [-0.1, -0.05) is 12.1 Å². The minimum atomic E-state index is -4.89. The minimum Gasteiger partial charge on any atom is -0.403 e. The van der Waals surface area contributed by atoms with Crippen molar-refractivity contribution in [2.24, 2.45) is 0 Å². The van der Waals surface area contributed by atoms with Crippen molar-refractivity contribution in [3.8, 4) is 5.75 Å². The van der Waals surface area contributed by atoms with Gasteiger partial charge >= 0.3 is 6.36 Å². The first kappa shape index (κ1) is 15.1. The van der Waals surface area contributed by atoms with Gasteiger partial charge in [0, 0.05) is 37.8 Å². The normalized spacial score (nSPS) is 20.9. The predicted octanol–water partition coefficient (Wildman–Crippen LogP) is 2.52. The molecule has 0 radical (unpaired) electrons. The molecule has 1 saturated heterocycles. The van der Waals surface area contributed by atoms with Crippen LogP contribution in [0.5, 0.6) is 5.75 Å². The summed E-state index contributed by atoms with van der Waals surface area (Å²) in [6.07, 6.45) is -4.89. The third-order valence-electron chi connectivity index (χ3n) is 3.28. The van der Waals surface area contributed by atoms with Crippen LogP contribution in [-0.4, -0.2) is 36.9 Å². The Kier molecular flexibility index (Phi) is 4.49. The molecule has 1 unspecified atom stereocenters. The Balaban J connectivity index is 2.14.